The summed E-state index contributed by atoms with van der Waals surface area (Å²) in [6.45, 7) is 0. The number of esters is 1. The van der Waals surface area contributed by atoms with Crippen molar-refractivity contribution in [3.05, 3.63) is 19.1 Å². The van der Waals surface area contributed by atoms with Crippen LogP contribution in [0.2, 0.25) is 0 Å². The van der Waals surface area contributed by atoms with Gasteiger partial charge in [0.2, 0.25) is 0 Å². The molecule has 0 amide bonds. The minimum absolute atomic E-state index is 0.109. The van der Waals surface area contributed by atoms with Gasteiger partial charge in [0, 0.05) is 16.7 Å². The Hall–Kier alpha value is -0.680. The Kier molecular flexibility index (Phi) is 7.93. The van der Waals surface area contributed by atoms with E-state index in [0.29, 0.717) is 6.42 Å². The van der Waals surface area contributed by atoms with Gasteiger partial charge in [0.15, 0.2) is 0 Å². The molecule has 18 heavy (non-hydrogen) atoms. The third kappa shape index (κ3) is 6.91. The molecule has 0 saturated carbocycles. The number of carbonyl (C=O) groups is 1. The van der Waals surface area contributed by atoms with Gasteiger partial charge in [-0.1, -0.05) is 48.4 Å². The van der Waals surface area contributed by atoms with Gasteiger partial charge in [-0.3, -0.25) is 9.59 Å². The predicted molar refractivity (Wildman–Crippen MR) is 76.5 cm³/mol. The standard InChI is InChI=1S/C13H20O3S2/c1-16-12(14)9-7-5-3-2-4-6-8-11-10-17-13(15)18-11/h10H,2-9H2,1H3. The van der Waals surface area contributed by atoms with Crippen molar-refractivity contribution in [3.63, 3.8) is 0 Å². The summed E-state index contributed by atoms with van der Waals surface area (Å²) in [6, 6.07) is 0. The molecule has 3 nitrogen and oxygen atoms in total. The van der Waals surface area contributed by atoms with Crippen molar-refractivity contribution in [1.29, 1.82) is 0 Å². The smallest absolute Gasteiger partial charge is 0.305 e. The van der Waals surface area contributed by atoms with Crippen LogP contribution in [0.4, 0.5) is 0 Å². The van der Waals surface area contributed by atoms with E-state index in [-0.39, 0.29) is 10.0 Å². The van der Waals surface area contributed by atoms with Crippen LogP contribution >= 0.6 is 22.7 Å². The fraction of sp³-hybridized carbons (Fsp3) is 0.692. The van der Waals surface area contributed by atoms with Gasteiger partial charge in [-0.2, -0.15) is 0 Å². The molecular weight excluding hydrogens is 268 g/mol. The van der Waals surface area contributed by atoms with Gasteiger partial charge < -0.3 is 4.74 Å². The summed E-state index contributed by atoms with van der Waals surface area (Å²) in [5.41, 5.74) is 0. The molecule has 0 fully saturated rings. The van der Waals surface area contributed by atoms with Gasteiger partial charge in [0.25, 0.3) is 4.06 Å². The fourth-order valence-electron chi connectivity index (χ4n) is 1.76. The van der Waals surface area contributed by atoms with Crippen LogP contribution in [-0.2, 0) is 16.0 Å². The third-order valence-electron chi connectivity index (χ3n) is 2.78. The summed E-state index contributed by atoms with van der Waals surface area (Å²) in [5, 5.41) is 1.98. The van der Waals surface area contributed by atoms with Gasteiger partial charge in [-0.25, -0.2) is 0 Å². The fourth-order valence-corrected chi connectivity index (χ4v) is 3.56. The number of carbonyl (C=O) groups excluding carboxylic acids is 1. The van der Waals surface area contributed by atoms with E-state index in [9.17, 15) is 9.59 Å². The van der Waals surface area contributed by atoms with Crippen LogP contribution < -0.4 is 4.06 Å². The molecule has 102 valence electrons. The first-order valence-corrected chi connectivity index (χ1v) is 8.06. The second-order valence-corrected chi connectivity index (χ2v) is 6.45. The molecule has 0 saturated heterocycles. The molecule has 0 aliphatic heterocycles. The molecule has 0 aliphatic rings. The summed E-state index contributed by atoms with van der Waals surface area (Å²) in [5.74, 6) is -0.109. The maximum atomic E-state index is 11.0. The van der Waals surface area contributed by atoms with E-state index in [2.05, 4.69) is 4.74 Å². The van der Waals surface area contributed by atoms with Gasteiger partial charge in [-0.05, 0) is 19.3 Å². The van der Waals surface area contributed by atoms with E-state index >= 15 is 0 Å². The summed E-state index contributed by atoms with van der Waals surface area (Å²) in [4.78, 5) is 23.1. The lowest BCUT2D eigenvalue weighted by Gasteiger charge is -2.01. The molecule has 0 spiro atoms. The number of hydrogen-bond acceptors (Lipinski definition) is 5. The number of methoxy groups -OCH3 is 1. The van der Waals surface area contributed by atoms with Gasteiger partial charge in [-0.15, -0.1) is 0 Å². The highest BCUT2D eigenvalue weighted by atomic mass is 32.2. The maximum Gasteiger partial charge on any atom is 0.305 e. The van der Waals surface area contributed by atoms with Crippen LogP contribution in [0.25, 0.3) is 0 Å². The van der Waals surface area contributed by atoms with Crippen LogP contribution in [0.15, 0.2) is 10.2 Å². The molecule has 0 radical (unpaired) electrons. The van der Waals surface area contributed by atoms with E-state index in [1.54, 1.807) is 0 Å². The lowest BCUT2D eigenvalue weighted by molar-refractivity contribution is -0.140. The Morgan fingerprint density at radius 1 is 1.17 bits per heavy atom. The molecule has 0 aliphatic carbocycles. The second-order valence-electron chi connectivity index (χ2n) is 4.25. The van der Waals surface area contributed by atoms with Crippen molar-refractivity contribution >= 4 is 28.6 Å². The van der Waals surface area contributed by atoms with Crippen LogP contribution in [0.3, 0.4) is 0 Å². The maximum absolute atomic E-state index is 11.0. The SMILES string of the molecule is COC(=O)CCCCCCCCc1csc(=O)s1. The minimum Gasteiger partial charge on any atom is -0.469 e. The zero-order valence-electron chi connectivity index (χ0n) is 10.8. The van der Waals surface area contributed by atoms with Crippen LogP contribution in [0, 0.1) is 0 Å². The highest BCUT2D eigenvalue weighted by Gasteiger charge is 2.00. The van der Waals surface area contributed by atoms with Crippen molar-refractivity contribution in [1.82, 2.24) is 0 Å². The van der Waals surface area contributed by atoms with Crippen molar-refractivity contribution in [2.24, 2.45) is 0 Å². The zero-order valence-corrected chi connectivity index (χ0v) is 12.4. The average Bonchev–Trinajstić information content (AvgIpc) is 2.78. The van der Waals surface area contributed by atoms with Gasteiger partial charge in [0.1, 0.15) is 0 Å². The highest BCUT2D eigenvalue weighted by Crippen LogP contribution is 2.13. The van der Waals surface area contributed by atoms with Gasteiger partial charge in [0.05, 0.1) is 7.11 Å². The Labute approximate surface area is 116 Å². The molecular formula is C13H20O3S2. The van der Waals surface area contributed by atoms with Crippen LogP contribution in [0.5, 0.6) is 0 Å². The molecule has 0 aromatic carbocycles. The lowest BCUT2D eigenvalue weighted by atomic mass is 10.1. The summed E-state index contributed by atoms with van der Waals surface area (Å²) < 4.78 is 4.79. The third-order valence-corrected chi connectivity index (χ3v) is 4.82. The number of rotatable bonds is 9. The summed E-state index contributed by atoms with van der Waals surface area (Å²) in [6.07, 6.45) is 8.35. The van der Waals surface area contributed by atoms with Crippen molar-refractivity contribution < 1.29 is 9.53 Å². The normalized spacial score (nSPS) is 10.5. The Morgan fingerprint density at radius 2 is 1.83 bits per heavy atom. The Balaban J connectivity index is 1.90. The first-order chi connectivity index (χ1) is 8.72. The number of unbranched alkanes of at least 4 members (excludes halogenated alkanes) is 5. The van der Waals surface area contributed by atoms with Gasteiger partial charge >= 0.3 is 5.97 Å². The number of ether oxygens (including phenoxy) is 1. The van der Waals surface area contributed by atoms with E-state index in [4.69, 9.17) is 0 Å². The minimum atomic E-state index is -0.109. The predicted octanol–water partition coefficient (Wildman–Crippen LogP) is 3.62. The second kappa shape index (κ2) is 9.28. The average molecular weight is 288 g/mol. The van der Waals surface area contributed by atoms with Crippen molar-refractivity contribution in [2.45, 2.75) is 51.4 Å². The molecule has 1 heterocycles. The molecule has 5 heteroatoms. The quantitative estimate of drug-likeness (QED) is 0.515. The summed E-state index contributed by atoms with van der Waals surface area (Å²) >= 11 is 2.68. The zero-order chi connectivity index (χ0) is 13.2. The Bertz CT molecular complexity index is 395. The van der Waals surface area contributed by atoms with Crippen LogP contribution in [0.1, 0.15) is 49.8 Å². The topological polar surface area (TPSA) is 43.4 Å². The van der Waals surface area contributed by atoms with Crippen LogP contribution in [-0.4, -0.2) is 13.1 Å². The van der Waals surface area contributed by atoms with E-state index in [0.717, 1.165) is 25.7 Å². The van der Waals surface area contributed by atoms with E-state index < -0.39 is 0 Å². The first kappa shape index (κ1) is 15.4. The monoisotopic (exact) mass is 288 g/mol. The lowest BCUT2D eigenvalue weighted by Crippen LogP contribution is -1.99. The van der Waals surface area contributed by atoms with E-state index in [1.165, 1.54) is 53.9 Å². The van der Waals surface area contributed by atoms with E-state index in [1.807, 2.05) is 5.38 Å². The molecule has 0 bridgehead atoms. The number of aryl methyl sites for hydroxylation is 1. The molecule has 1 rings (SSSR count). The molecule has 0 unspecified atom stereocenters. The number of hydrogen-bond donors (Lipinski definition) is 0. The Morgan fingerprint density at radius 3 is 2.44 bits per heavy atom. The molecule has 0 atom stereocenters. The largest absolute Gasteiger partial charge is 0.469 e. The molecule has 1 aromatic heterocycles. The van der Waals surface area contributed by atoms with Crippen molar-refractivity contribution in [2.75, 3.05) is 7.11 Å². The molecule has 0 N–H and O–H groups in total. The molecule has 1 aromatic rings. The summed E-state index contributed by atoms with van der Waals surface area (Å²) in [7, 11) is 1.43. The highest BCUT2D eigenvalue weighted by molar-refractivity contribution is 7.26. The van der Waals surface area contributed by atoms with Crippen molar-refractivity contribution in [3.8, 4) is 0 Å². The first-order valence-electron chi connectivity index (χ1n) is 6.36.